The molecule has 4 heteroatoms. The van der Waals surface area contributed by atoms with Gasteiger partial charge in [-0.2, -0.15) is 0 Å². The maximum Gasteiger partial charge on any atom is 0.125 e. The van der Waals surface area contributed by atoms with Crippen molar-refractivity contribution in [2.75, 3.05) is 7.11 Å². The van der Waals surface area contributed by atoms with Crippen LogP contribution < -0.4 is 4.74 Å². The van der Waals surface area contributed by atoms with E-state index in [0.29, 0.717) is 10.8 Å². The minimum absolute atomic E-state index is 0.259. The number of alkyl halides is 1. The summed E-state index contributed by atoms with van der Waals surface area (Å²) in [5.41, 5.74) is 1.92. The molecule has 0 fully saturated rings. The number of ether oxygens (including phenoxy) is 1. The fraction of sp³-hybridized carbons (Fsp3) is 0.143. The zero-order valence-corrected chi connectivity index (χ0v) is 12.8. The van der Waals surface area contributed by atoms with E-state index in [1.807, 2.05) is 36.4 Å². The number of hydrogen-bond donors (Lipinski definition) is 0. The predicted molar refractivity (Wildman–Crippen MR) is 79.8 cm³/mol. The highest BCUT2D eigenvalue weighted by molar-refractivity contribution is 9.10. The molecule has 1 unspecified atom stereocenters. The lowest BCUT2D eigenvalue weighted by atomic mass is 10.0. The monoisotopic (exact) mass is 344 g/mol. The molecular weight excluding hydrogens is 335 g/mol. The quantitative estimate of drug-likeness (QED) is 0.673. The Morgan fingerprint density at radius 3 is 2.39 bits per heavy atom. The van der Waals surface area contributed by atoms with Crippen molar-refractivity contribution in [2.45, 2.75) is 5.38 Å². The van der Waals surface area contributed by atoms with Gasteiger partial charge in [0.25, 0.3) is 0 Å². The molecule has 0 bridgehead atoms. The van der Waals surface area contributed by atoms with Gasteiger partial charge in [0.05, 0.1) is 12.5 Å². The number of benzene rings is 2. The van der Waals surface area contributed by atoms with Gasteiger partial charge in [0.1, 0.15) is 5.75 Å². The molecule has 1 atom stereocenters. The molecule has 0 radical (unpaired) electrons. The third-order valence-corrected chi connectivity index (χ3v) is 3.88. The SMILES string of the molecule is COc1cc(Cl)ccc1C(Cl)c1ccc(Br)cc1. The van der Waals surface area contributed by atoms with Crippen LogP contribution in [0.15, 0.2) is 46.9 Å². The van der Waals surface area contributed by atoms with Crippen LogP contribution in [-0.4, -0.2) is 7.11 Å². The molecular formula is C14H11BrCl2O. The second kappa shape index (κ2) is 5.96. The van der Waals surface area contributed by atoms with E-state index < -0.39 is 0 Å². The largest absolute Gasteiger partial charge is 0.496 e. The maximum atomic E-state index is 6.48. The van der Waals surface area contributed by atoms with Crippen molar-refractivity contribution >= 4 is 39.1 Å². The molecule has 0 aliphatic heterocycles. The molecule has 2 rings (SSSR count). The van der Waals surface area contributed by atoms with E-state index in [1.54, 1.807) is 13.2 Å². The van der Waals surface area contributed by atoms with Gasteiger partial charge >= 0.3 is 0 Å². The van der Waals surface area contributed by atoms with E-state index >= 15 is 0 Å². The molecule has 94 valence electrons. The van der Waals surface area contributed by atoms with Gasteiger partial charge in [-0.05, 0) is 29.8 Å². The van der Waals surface area contributed by atoms with Crippen LogP contribution in [0.2, 0.25) is 5.02 Å². The summed E-state index contributed by atoms with van der Waals surface area (Å²) in [6, 6.07) is 13.4. The van der Waals surface area contributed by atoms with Crippen LogP contribution in [0.4, 0.5) is 0 Å². The highest BCUT2D eigenvalue weighted by Gasteiger charge is 2.15. The summed E-state index contributed by atoms with van der Waals surface area (Å²) in [6.07, 6.45) is 0. The summed E-state index contributed by atoms with van der Waals surface area (Å²) >= 11 is 15.8. The first kappa shape index (κ1) is 13.7. The molecule has 0 aromatic heterocycles. The van der Waals surface area contributed by atoms with Crippen LogP contribution in [0.25, 0.3) is 0 Å². The van der Waals surface area contributed by atoms with Gasteiger partial charge in [0.2, 0.25) is 0 Å². The van der Waals surface area contributed by atoms with Crippen LogP contribution in [0, 0.1) is 0 Å². The van der Waals surface area contributed by atoms with E-state index in [0.717, 1.165) is 15.6 Å². The molecule has 2 aromatic rings. The molecule has 0 N–H and O–H groups in total. The molecule has 0 aliphatic rings. The topological polar surface area (TPSA) is 9.23 Å². The summed E-state index contributed by atoms with van der Waals surface area (Å²) in [6.45, 7) is 0. The van der Waals surface area contributed by atoms with Crippen molar-refractivity contribution in [1.82, 2.24) is 0 Å². The number of methoxy groups -OCH3 is 1. The van der Waals surface area contributed by atoms with Crippen molar-refractivity contribution < 1.29 is 4.74 Å². The maximum absolute atomic E-state index is 6.48. The number of halogens is 3. The molecule has 0 heterocycles. The lowest BCUT2D eigenvalue weighted by Gasteiger charge is -2.14. The third-order valence-electron chi connectivity index (χ3n) is 2.63. The van der Waals surface area contributed by atoms with Gasteiger partial charge in [-0.3, -0.25) is 0 Å². The Kier molecular flexibility index (Phi) is 4.55. The minimum Gasteiger partial charge on any atom is -0.496 e. The first-order chi connectivity index (χ1) is 8.61. The van der Waals surface area contributed by atoms with Crippen LogP contribution in [0.3, 0.4) is 0 Å². The van der Waals surface area contributed by atoms with Gasteiger partial charge in [0, 0.05) is 15.1 Å². The summed E-state index contributed by atoms with van der Waals surface area (Å²) in [7, 11) is 1.61. The molecule has 0 spiro atoms. The van der Waals surface area contributed by atoms with Crippen LogP contribution in [-0.2, 0) is 0 Å². The lowest BCUT2D eigenvalue weighted by molar-refractivity contribution is 0.410. The molecule has 2 aromatic carbocycles. The Morgan fingerprint density at radius 1 is 1.11 bits per heavy atom. The smallest absolute Gasteiger partial charge is 0.125 e. The molecule has 0 saturated heterocycles. The van der Waals surface area contributed by atoms with Gasteiger partial charge < -0.3 is 4.74 Å². The lowest BCUT2D eigenvalue weighted by Crippen LogP contribution is -1.97. The first-order valence-corrected chi connectivity index (χ1v) is 6.95. The highest BCUT2D eigenvalue weighted by Crippen LogP contribution is 2.36. The predicted octanol–water partition coefficient (Wildman–Crippen LogP) is 5.44. The van der Waals surface area contributed by atoms with Crippen molar-refractivity contribution in [3.05, 3.63) is 63.1 Å². The summed E-state index contributed by atoms with van der Waals surface area (Å²) in [5, 5.41) is 0.376. The Morgan fingerprint density at radius 2 is 1.78 bits per heavy atom. The van der Waals surface area contributed by atoms with E-state index in [2.05, 4.69) is 15.9 Å². The van der Waals surface area contributed by atoms with Crippen molar-refractivity contribution in [2.24, 2.45) is 0 Å². The van der Waals surface area contributed by atoms with Gasteiger partial charge in [-0.1, -0.05) is 45.7 Å². The standard InChI is InChI=1S/C14H11BrCl2O/c1-18-13-8-11(16)6-7-12(13)14(17)9-2-4-10(15)5-3-9/h2-8,14H,1H3. The normalized spacial score (nSPS) is 12.2. The molecule has 18 heavy (non-hydrogen) atoms. The van der Waals surface area contributed by atoms with Crippen molar-refractivity contribution in [3.63, 3.8) is 0 Å². The fourth-order valence-corrected chi connectivity index (χ4v) is 2.46. The van der Waals surface area contributed by atoms with E-state index in [1.165, 1.54) is 0 Å². The Labute approximate surface area is 125 Å². The summed E-state index contributed by atoms with van der Waals surface area (Å²) < 4.78 is 6.34. The van der Waals surface area contributed by atoms with Crippen LogP contribution >= 0.6 is 39.1 Å². The van der Waals surface area contributed by atoms with Gasteiger partial charge in [0.15, 0.2) is 0 Å². The van der Waals surface area contributed by atoms with Crippen molar-refractivity contribution in [1.29, 1.82) is 0 Å². The second-order valence-corrected chi connectivity index (χ2v) is 5.59. The van der Waals surface area contributed by atoms with Crippen LogP contribution in [0.1, 0.15) is 16.5 Å². The summed E-state index contributed by atoms with van der Waals surface area (Å²) in [4.78, 5) is 0. The second-order valence-electron chi connectivity index (χ2n) is 3.80. The van der Waals surface area contributed by atoms with Gasteiger partial charge in [-0.15, -0.1) is 11.6 Å². The van der Waals surface area contributed by atoms with E-state index in [9.17, 15) is 0 Å². The van der Waals surface area contributed by atoms with E-state index in [4.69, 9.17) is 27.9 Å². The first-order valence-electron chi connectivity index (χ1n) is 5.35. The van der Waals surface area contributed by atoms with E-state index in [-0.39, 0.29) is 5.38 Å². The zero-order valence-electron chi connectivity index (χ0n) is 9.66. The number of hydrogen-bond acceptors (Lipinski definition) is 1. The zero-order chi connectivity index (χ0) is 13.1. The van der Waals surface area contributed by atoms with Gasteiger partial charge in [-0.25, -0.2) is 0 Å². The average Bonchev–Trinajstić information content (AvgIpc) is 2.38. The van der Waals surface area contributed by atoms with Crippen molar-refractivity contribution in [3.8, 4) is 5.75 Å². The molecule has 0 saturated carbocycles. The average molecular weight is 346 g/mol. The third kappa shape index (κ3) is 3.00. The number of rotatable bonds is 3. The highest BCUT2D eigenvalue weighted by atomic mass is 79.9. The summed E-state index contributed by atoms with van der Waals surface area (Å²) in [5.74, 6) is 0.699. The molecule has 0 amide bonds. The molecule has 0 aliphatic carbocycles. The Bertz CT molecular complexity index is 540. The molecule has 1 nitrogen and oxygen atoms in total. The Balaban J connectivity index is 2.39. The fourth-order valence-electron chi connectivity index (χ4n) is 1.71. The minimum atomic E-state index is -0.259. The Hall–Kier alpha value is -0.700. The van der Waals surface area contributed by atoms with Crippen LogP contribution in [0.5, 0.6) is 5.75 Å².